The second kappa shape index (κ2) is 8.96. The highest BCUT2D eigenvalue weighted by Crippen LogP contribution is 2.31. The predicted octanol–water partition coefficient (Wildman–Crippen LogP) is 3.41. The van der Waals surface area contributed by atoms with E-state index in [0.29, 0.717) is 12.6 Å². The van der Waals surface area contributed by atoms with Crippen molar-refractivity contribution in [3.63, 3.8) is 0 Å². The molecule has 152 valence electrons. The van der Waals surface area contributed by atoms with Crippen LogP contribution in [0.4, 0.5) is 18.9 Å². The highest BCUT2D eigenvalue weighted by Gasteiger charge is 2.30. The highest BCUT2D eigenvalue weighted by molar-refractivity contribution is 7.92. The number of alkyl halides is 3. The number of ether oxygens (including phenoxy) is 1. The van der Waals surface area contributed by atoms with Crippen LogP contribution in [-0.4, -0.2) is 27.5 Å². The van der Waals surface area contributed by atoms with Gasteiger partial charge in [-0.25, -0.2) is 8.42 Å². The number of hydrogen-bond donors (Lipinski definition) is 2. The van der Waals surface area contributed by atoms with Gasteiger partial charge in [0.15, 0.2) is 6.61 Å². The molecule has 0 aliphatic heterocycles. The van der Waals surface area contributed by atoms with Gasteiger partial charge in [-0.05, 0) is 48.9 Å². The fourth-order valence-electron chi connectivity index (χ4n) is 2.15. The van der Waals surface area contributed by atoms with E-state index in [-0.39, 0.29) is 28.8 Å². The SMILES string of the molecule is CCCNC(=O)COc1ccc(S(=O)(=O)Nc2cccc(C(F)(F)F)c2)cc1. The average Bonchev–Trinajstić information content (AvgIpc) is 2.64. The summed E-state index contributed by atoms with van der Waals surface area (Å²) in [7, 11) is -4.09. The highest BCUT2D eigenvalue weighted by atomic mass is 32.2. The third kappa shape index (κ3) is 6.15. The third-order valence-corrected chi connectivity index (χ3v) is 4.92. The van der Waals surface area contributed by atoms with Crippen LogP contribution in [0.25, 0.3) is 0 Å². The van der Waals surface area contributed by atoms with Gasteiger partial charge < -0.3 is 10.1 Å². The zero-order valence-electron chi connectivity index (χ0n) is 14.9. The second-order valence-corrected chi connectivity index (χ2v) is 7.48. The summed E-state index contributed by atoms with van der Waals surface area (Å²) >= 11 is 0. The lowest BCUT2D eigenvalue weighted by atomic mass is 10.2. The standard InChI is InChI=1S/C18H19F3N2O4S/c1-2-10-22-17(24)12-27-15-6-8-16(9-7-15)28(25,26)23-14-5-3-4-13(11-14)18(19,20)21/h3-9,11,23H,2,10,12H2,1H3,(H,22,24). The first-order valence-corrected chi connectivity index (χ1v) is 9.80. The summed E-state index contributed by atoms with van der Waals surface area (Å²) in [4.78, 5) is 11.3. The molecule has 0 fully saturated rings. The maximum absolute atomic E-state index is 12.7. The molecule has 0 unspecified atom stereocenters. The number of nitrogens with one attached hydrogen (secondary N) is 2. The first kappa shape index (κ1) is 21.5. The minimum atomic E-state index is -4.58. The van der Waals surface area contributed by atoms with E-state index in [1.807, 2.05) is 6.92 Å². The van der Waals surface area contributed by atoms with Gasteiger partial charge in [0.25, 0.3) is 15.9 Å². The molecule has 0 aliphatic rings. The molecule has 0 saturated heterocycles. The van der Waals surface area contributed by atoms with Crippen molar-refractivity contribution in [2.75, 3.05) is 17.9 Å². The Morgan fingerprint density at radius 1 is 1.11 bits per heavy atom. The van der Waals surface area contributed by atoms with Crippen LogP contribution in [0, 0.1) is 0 Å². The van der Waals surface area contributed by atoms with Gasteiger partial charge in [-0.15, -0.1) is 0 Å². The maximum Gasteiger partial charge on any atom is 0.416 e. The lowest BCUT2D eigenvalue weighted by Gasteiger charge is -2.12. The van der Waals surface area contributed by atoms with Crippen LogP contribution in [0.5, 0.6) is 5.75 Å². The van der Waals surface area contributed by atoms with Crippen molar-refractivity contribution in [2.45, 2.75) is 24.4 Å². The van der Waals surface area contributed by atoms with Gasteiger partial charge in [0.05, 0.1) is 10.5 Å². The van der Waals surface area contributed by atoms with Gasteiger partial charge in [0, 0.05) is 12.2 Å². The summed E-state index contributed by atoms with van der Waals surface area (Å²) < 4.78 is 70.3. The van der Waals surface area contributed by atoms with Crippen molar-refractivity contribution >= 4 is 21.6 Å². The predicted molar refractivity (Wildman–Crippen MR) is 97.5 cm³/mol. The van der Waals surface area contributed by atoms with Crippen LogP contribution in [0.1, 0.15) is 18.9 Å². The van der Waals surface area contributed by atoms with E-state index in [2.05, 4.69) is 10.0 Å². The minimum absolute atomic E-state index is 0.160. The summed E-state index contributed by atoms with van der Waals surface area (Å²) in [6.45, 7) is 2.23. The first-order valence-electron chi connectivity index (χ1n) is 8.31. The quantitative estimate of drug-likeness (QED) is 0.691. The second-order valence-electron chi connectivity index (χ2n) is 5.79. The van der Waals surface area contributed by atoms with E-state index >= 15 is 0 Å². The van der Waals surface area contributed by atoms with Crippen LogP contribution >= 0.6 is 0 Å². The molecular formula is C18H19F3N2O4S. The molecule has 0 heterocycles. The van der Waals surface area contributed by atoms with Crippen LogP contribution in [-0.2, 0) is 21.0 Å². The van der Waals surface area contributed by atoms with Crippen molar-refractivity contribution in [1.82, 2.24) is 5.32 Å². The minimum Gasteiger partial charge on any atom is -0.484 e. The topological polar surface area (TPSA) is 84.5 Å². The molecule has 2 N–H and O–H groups in total. The first-order chi connectivity index (χ1) is 13.1. The van der Waals surface area contributed by atoms with E-state index < -0.39 is 21.8 Å². The molecule has 6 nitrogen and oxygen atoms in total. The molecule has 1 amide bonds. The van der Waals surface area contributed by atoms with Crippen molar-refractivity contribution in [1.29, 1.82) is 0 Å². The van der Waals surface area contributed by atoms with Gasteiger partial charge in [-0.2, -0.15) is 13.2 Å². The van der Waals surface area contributed by atoms with E-state index in [1.54, 1.807) is 0 Å². The van der Waals surface area contributed by atoms with Gasteiger partial charge in [0.1, 0.15) is 5.75 Å². The van der Waals surface area contributed by atoms with Crippen LogP contribution in [0.3, 0.4) is 0 Å². The fourth-order valence-corrected chi connectivity index (χ4v) is 3.20. The molecule has 0 spiro atoms. The molecule has 2 aromatic rings. The molecular weight excluding hydrogens is 397 g/mol. The fraction of sp³-hybridized carbons (Fsp3) is 0.278. The maximum atomic E-state index is 12.7. The number of carbonyl (C=O) groups is 1. The lowest BCUT2D eigenvalue weighted by molar-refractivity contribution is -0.137. The molecule has 0 radical (unpaired) electrons. The molecule has 0 aromatic heterocycles. The Labute approximate surface area is 160 Å². The zero-order valence-corrected chi connectivity index (χ0v) is 15.7. The molecule has 0 saturated carbocycles. The lowest BCUT2D eigenvalue weighted by Crippen LogP contribution is -2.29. The van der Waals surface area contributed by atoms with Crippen molar-refractivity contribution in [3.05, 3.63) is 54.1 Å². The Hall–Kier alpha value is -2.75. The van der Waals surface area contributed by atoms with Crippen molar-refractivity contribution in [2.24, 2.45) is 0 Å². The van der Waals surface area contributed by atoms with E-state index in [9.17, 15) is 26.4 Å². The molecule has 10 heteroatoms. The summed E-state index contributed by atoms with van der Waals surface area (Å²) in [6.07, 6.45) is -3.79. The Morgan fingerprint density at radius 3 is 2.39 bits per heavy atom. The number of carbonyl (C=O) groups excluding carboxylic acids is 1. The van der Waals surface area contributed by atoms with Crippen LogP contribution in [0.15, 0.2) is 53.4 Å². The van der Waals surface area contributed by atoms with Crippen molar-refractivity contribution < 1.29 is 31.1 Å². The summed E-state index contributed by atoms with van der Waals surface area (Å²) in [6, 6.07) is 9.07. The Balaban J connectivity index is 2.05. The average molecular weight is 416 g/mol. The summed E-state index contributed by atoms with van der Waals surface area (Å²) in [5.41, 5.74) is -1.17. The van der Waals surface area contributed by atoms with E-state index in [0.717, 1.165) is 18.6 Å². The Morgan fingerprint density at radius 2 is 1.79 bits per heavy atom. The molecule has 28 heavy (non-hydrogen) atoms. The Bertz CT molecular complexity index is 913. The molecule has 0 atom stereocenters. The van der Waals surface area contributed by atoms with E-state index in [4.69, 9.17) is 4.74 Å². The molecule has 0 aliphatic carbocycles. The van der Waals surface area contributed by atoms with Gasteiger partial charge in [-0.3, -0.25) is 9.52 Å². The van der Waals surface area contributed by atoms with Crippen molar-refractivity contribution in [3.8, 4) is 5.75 Å². The molecule has 0 bridgehead atoms. The summed E-state index contributed by atoms with van der Waals surface area (Å²) in [5.74, 6) is -0.0190. The van der Waals surface area contributed by atoms with Crippen LogP contribution in [0.2, 0.25) is 0 Å². The number of halogens is 3. The number of rotatable bonds is 8. The third-order valence-electron chi connectivity index (χ3n) is 3.52. The number of sulfonamides is 1. The zero-order chi connectivity index (χ0) is 20.8. The number of anilines is 1. The largest absolute Gasteiger partial charge is 0.484 e. The molecule has 2 rings (SSSR count). The molecule has 2 aromatic carbocycles. The smallest absolute Gasteiger partial charge is 0.416 e. The van der Waals surface area contributed by atoms with Gasteiger partial charge >= 0.3 is 6.18 Å². The Kier molecular flexibility index (Phi) is 6.90. The number of benzene rings is 2. The van der Waals surface area contributed by atoms with Gasteiger partial charge in [0.2, 0.25) is 0 Å². The number of amides is 1. The normalized spacial score (nSPS) is 11.7. The monoisotopic (exact) mass is 416 g/mol. The van der Waals surface area contributed by atoms with Gasteiger partial charge in [-0.1, -0.05) is 13.0 Å². The van der Waals surface area contributed by atoms with Crippen LogP contribution < -0.4 is 14.8 Å². The van der Waals surface area contributed by atoms with E-state index in [1.165, 1.54) is 30.3 Å². The summed E-state index contributed by atoms with van der Waals surface area (Å²) in [5, 5.41) is 2.63. The number of hydrogen-bond acceptors (Lipinski definition) is 4.